The second-order valence-electron chi connectivity index (χ2n) is 3.52. The number of carbonyl (C=O) groups excluding carboxylic acids is 1. The molecule has 0 saturated carbocycles. The summed E-state index contributed by atoms with van der Waals surface area (Å²) in [6, 6.07) is 0. The molecule has 1 heteroatoms. The van der Waals surface area contributed by atoms with Crippen LogP contribution in [-0.4, -0.2) is 5.78 Å². The van der Waals surface area contributed by atoms with Gasteiger partial charge in [-0.05, 0) is 25.8 Å². The van der Waals surface area contributed by atoms with E-state index in [2.05, 4.69) is 13.0 Å². The zero-order valence-corrected chi connectivity index (χ0v) is 9.35. The van der Waals surface area contributed by atoms with Crippen molar-refractivity contribution in [3.8, 4) is 0 Å². The highest BCUT2D eigenvalue weighted by atomic mass is 16.1. The van der Waals surface area contributed by atoms with Crippen molar-refractivity contribution in [1.82, 2.24) is 0 Å². The first kappa shape index (κ1) is 12.2. The van der Waals surface area contributed by atoms with Crippen LogP contribution in [0.2, 0.25) is 0 Å². The number of Topliss-reactive ketones (excluding diaryl/α,β-unsaturated/α-hetero) is 1. The number of hydrogen-bond acceptors (Lipinski definition) is 1. The van der Waals surface area contributed by atoms with E-state index in [1.165, 1.54) is 0 Å². The van der Waals surface area contributed by atoms with Gasteiger partial charge in [-0.1, -0.05) is 32.9 Å². The lowest BCUT2D eigenvalue weighted by molar-refractivity contribution is -0.118. The van der Waals surface area contributed by atoms with Crippen molar-refractivity contribution in [3.63, 3.8) is 0 Å². The molecule has 0 amide bonds. The van der Waals surface area contributed by atoms with E-state index in [-0.39, 0.29) is 11.7 Å². The van der Waals surface area contributed by atoms with Gasteiger partial charge in [0.2, 0.25) is 0 Å². The molecule has 0 aliphatic carbocycles. The maximum atomic E-state index is 11.7. The van der Waals surface area contributed by atoms with Crippen molar-refractivity contribution in [2.75, 3.05) is 0 Å². The zero-order chi connectivity index (χ0) is 10.4. The molecule has 0 bridgehead atoms. The number of allylic oxidation sites excluding steroid dienone is 4. The second kappa shape index (κ2) is 5.74. The Morgan fingerprint density at radius 1 is 1.38 bits per heavy atom. The third-order valence-corrected chi connectivity index (χ3v) is 2.01. The van der Waals surface area contributed by atoms with Gasteiger partial charge in [0.05, 0.1) is 0 Å². The minimum absolute atomic E-state index is 0.0893. The maximum Gasteiger partial charge on any atom is 0.165 e. The Morgan fingerprint density at radius 3 is 2.23 bits per heavy atom. The standard InChI is InChI=1S/C12H20O/c1-6-8-10(5)11(7-2)12(13)9(3)4/h7-9H,6H2,1-5H3/b10-8-,11-7-. The van der Waals surface area contributed by atoms with E-state index in [1.807, 2.05) is 33.8 Å². The van der Waals surface area contributed by atoms with Crippen LogP contribution in [0, 0.1) is 5.92 Å². The van der Waals surface area contributed by atoms with E-state index in [1.54, 1.807) is 0 Å². The van der Waals surface area contributed by atoms with Gasteiger partial charge in [-0.3, -0.25) is 4.79 Å². The lowest BCUT2D eigenvalue weighted by Gasteiger charge is -2.08. The zero-order valence-electron chi connectivity index (χ0n) is 9.35. The molecule has 13 heavy (non-hydrogen) atoms. The molecule has 0 aromatic carbocycles. The molecular weight excluding hydrogens is 160 g/mol. The van der Waals surface area contributed by atoms with Crippen molar-refractivity contribution < 1.29 is 4.79 Å². The van der Waals surface area contributed by atoms with Crippen LogP contribution in [0.4, 0.5) is 0 Å². The highest BCUT2D eigenvalue weighted by molar-refractivity contribution is 6.00. The van der Waals surface area contributed by atoms with Crippen LogP contribution in [0.25, 0.3) is 0 Å². The van der Waals surface area contributed by atoms with E-state index in [4.69, 9.17) is 0 Å². The summed E-state index contributed by atoms with van der Waals surface area (Å²) in [4.78, 5) is 11.7. The Bertz CT molecular complexity index is 232. The normalized spacial score (nSPS) is 13.7. The minimum Gasteiger partial charge on any atom is -0.294 e. The van der Waals surface area contributed by atoms with Crippen LogP contribution in [0.1, 0.15) is 41.0 Å². The van der Waals surface area contributed by atoms with Gasteiger partial charge in [0, 0.05) is 11.5 Å². The van der Waals surface area contributed by atoms with Gasteiger partial charge in [0.15, 0.2) is 5.78 Å². The van der Waals surface area contributed by atoms with E-state index < -0.39 is 0 Å². The average molecular weight is 180 g/mol. The summed E-state index contributed by atoms with van der Waals surface area (Å²) < 4.78 is 0. The molecule has 0 aromatic rings. The van der Waals surface area contributed by atoms with Crippen LogP contribution in [0.3, 0.4) is 0 Å². The van der Waals surface area contributed by atoms with Gasteiger partial charge in [-0.2, -0.15) is 0 Å². The third-order valence-electron chi connectivity index (χ3n) is 2.01. The summed E-state index contributed by atoms with van der Waals surface area (Å²) in [5.74, 6) is 0.330. The maximum absolute atomic E-state index is 11.7. The van der Waals surface area contributed by atoms with Crippen LogP contribution < -0.4 is 0 Å². The summed E-state index contributed by atoms with van der Waals surface area (Å²) in [6.45, 7) is 9.87. The Morgan fingerprint density at radius 2 is 1.92 bits per heavy atom. The highest BCUT2D eigenvalue weighted by Crippen LogP contribution is 2.15. The topological polar surface area (TPSA) is 17.1 Å². The molecule has 0 fully saturated rings. The molecule has 0 heterocycles. The van der Waals surface area contributed by atoms with Gasteiger partial charge < -0.3 is 0 Å². The van der Waals surface area contributed by atoms with E-state index in [9.17, 15) is 4.79 Å². The van der Waals surface area contributed by atoms with Crippen molar-refractivity contribution in [1.29, 1.82) is 0 Å². The Hall–Kier alpha value is -0.850. The molecular formula is C12H20O. The highest BCUT2D eigenvalue weighted by Gasteiger charge is 2.13. The average Bonchev–Trinajstić information content (AvgIpc) is 2.05. The van der Waals surface area contributed by atoms with E-state index >= 15 is 0 Å². The summed E-state index contributed by atoms with van der Waals surface area (Å²) in [6.07, 6.45) is 4.98. The van der Waals surface area contributed by atoms with Crippen LogP contribution >= 0.6 is 0 Å². The number of rotatable bonds is 4. The fourth-order valence-electron chi connectivity index (χ4n) is 1.29. The number of ketones is 1. The largest absolute Gasteiger partial charge is 0.294 e. The number of hydrogen-bond donors (Lipinski definition) is 0. The molecule has 0 aromatic heterocycles. The molecule has 0 unspecified atom stereocenters. The predicted octanol–water partition coefficient (Wildman–Crippen LogP) is 3.51. The summed E-state index contributed by atoms with van der Waals surface area (Å²) >= 11 is 0. The fraction of sp³-hybridized carbons (Fsp3) is 0.583. The SMILES string of the molecule is C/C=C(C(=O)C(C)C)/C(C)=C\CC. The molecule has 0 atom stereocenters. The monoisotopic (exact) mass is 180 g/mol. The Labute approximate surface area is 81.5 Å². The van der Waals surface area contributed by atoms with Gasteiger partial charge in [0.1, 0.15) is 0 Å². The first-order chi connectivity index (χ1) is 6.04. The Kier molecular flexibility index (Phi) is 5.36. The molecule has 0 N–H and O–H groups in total. The van der Waals surface area contributed by atoms with E-state index in [0.29, 0.717) is 0 Å². The van der Waals surface area contributed by atoms with Crippen LogP contribution in [-0.2, 0) is 4.79 Å². The molecule has 0 aliphatic rings. The lowest BCUT2D eigenvalue weighted by atomic mass is 9.95. The van der Waals surface area contributed by atoms with Gasteiger partial charge in [-0.25, -0.2) is 0 Å². The van der Waals surface area contributed by atoms with Crippen molar-refractivity contribution >= 4 is 5.78 Å². The van der Waals surface area contributed by atoms with Gasteiger partial charge >= 0.3 is 0 Å². The smallest absolute Gasteiger partial charge is 0.165 e. The quantitative estimate of drug-likeness (QED) is 0.478. The molecule has 0 spiro atoms. The van der Waals surface area contributed by atoms with Crippen molar-refractivity contribution in [3.05, 3.63) is 23.3 Å². The summed E-state index contributed by atoms with van der Waals surface area (Å²) in [7, 11) is 0. The summed E-state index contributed by atoms with van der Waals surface area (Å²) in [5, 5.41) is 0. The van der Waals surface area contributed by atoms with E-state index in [0.717, 1.165) is 17.6 Å². The van der Waals surface area contributed by atoms with Crippen LogP contribution in [0.5, 0.6) is 0 Å². The molecule has 0 aliphatic heterocycles. The molecule has 0 saturated heterocycles. The van der Waals surface area contributed by atoms with Crippen molar-refractivity contribution in [2.45, 2.75) is 41.0 Å². The number of carbonyl (C=O) groups is 1. The molecule has 0 radical (unpaired) electrons. The molecule has 74 valence electrons. The minimum atomic E-state index is 0.0893. The second-order valence-corrected chi connectivity index (χ2v) is 3.52. The Balaban J connectivity index is 4.74. The van der Waals surface area contributed by atoms with Crippen LogP contribution in [0.15, 0.2) is 23.3 Å². The predicted molar refractivity (Wildman–Crippen MR) is 57.7 cm³/mol. The molecule has 1 nitrogen and oxygen atoms in total. The first-order valence-corrected chi connectivity index (χ1v) is 4.92. The van der Waals surface area contributed by atoms with Gasteiger partial charge in [0.25, 0.3) is 0 Å². The first-order valence-electron chi connectivity index (χ1n) is 4.92. The third kappa shape index (κ3) is 3.58. The van der Waals surface area contributed by atoms with Crippen molar-refractivity contribution in [2.24, 2.45) is 5.92 Å². The lowest BCUT2D eigenvalue weighted by Crippen LogP contribution is -2.11. The summed E-state index contributed by atoms with van der Waals surface area (Å²) in [5.41, 5.74) is 1.97. The molecule has 0 rings (SSSR count). The van der Waals surface area contributed by atoms with Gasteiger partial charge in [-0.15, -0.1) is 0 Å². The fourth-order valence-corrected chi connectivity index (χ4v) is 1.29.